The summed E-state index contributed by atoms with van der Waals surface area (Å²) < 4.78 is 5.52. The Morgan fingerprint density at radius 3 is 2.80 bits per heavy atom. The number of ether oxygens (including phenoxy) is 1. The summed E-state index contributed by atoms with van der Waals surface area (Å²) in [5.41, 5.74) is 2.48. The van der Waals surface area contributed by atoms with Crippen molar-refractivity contribution in [2.24, 2.45) is 11.3 Å². The van der Waals surface area contributed by atoms with Gasteiger partial charge in [0.05, 0.1) is 12.7 Å². The van der Waals surface area contributed by atoms with Crippen LogP contribution in [-0.4, -0.2) is 24.4 Å². The molecule has 1 aromatic rings. The van der Waals surface area contributed by atoms with Gasteiger partial charge in [-0.15, -0.1) is 0 Å². The first-order valence-electron chi connectivity index (χ1n) is 7.53. The fourth-order valence-corrected chi connectivity index (χ4v) is 2.89. The highest BCUT2D eigenvalue weighted by Gasteiger charge is 2.29. The molecule has 1 aliphatic heterocycles. The number of nitrogens with one attached hydrogen (secondary N) is 1. The van der Waals surface area contributed by atoms with Gasteiger partial charge in [0.2, 0.25) is 0 Å². The minimum atomic E-state index is -0.288. The van der Waals surface area contributed by atoms with Crippen LogP contribution < -0.4 is 10.1 Å². The van der Waals surface area contributed by atoms with E-state index >= 15 is 0 Å². The quantitative estimate of drug-likeness (QED) is 0.840. The first-order chi connectivity index (χ1) is 9.40. The van der Waals surface area contributed by atoms with Gasteiger partial charge in [-0.05, 0) is 23.1 Å². The minimum absolute atomic E-state index is 0.117. The summed E-state index contributed by atoms with van der Waals surface area (Å²) >= 11 is 0. The van der Waals surface area contributed by atoms with Gasteiger partial charge in [0, 0.05) is 24.9 Å². The largest absolute Gasteiger partial charge is 0.493 e. The van der Waals surface area contributed by atoms with Crippen LogP contribution in [0, 0.1) is 11.3 Å². The fourth-order valence-electron chi connectivity index (χ4n) is 2.89. The lowest BCUT2D eigenvalue weighted by atomic mass is 9.80. The van der Waals surface area contributed by atoms with Gasteiger partial charge in [-0.3, -0.25) is 0 Å². The Morgan fingerprint density at radius 2 is 2.10 bits per heavy atom. The van der Waals surface area contributed by atoms with E-state index in [2.05, 4.69) is 51.2 Å². The molecule has 0 saturated carbocycles. The summed E-state index contributed by atoms with van der Waals surface area (Å²) in [5.74, 6) is 1.31. The molecule has 1 aliphatic rings. The molecule has 2 rings (SSSR count). The van der Waals surface area contributed by atoms with Crippen molar-refractivity contribution in [3.8, 4) is 5.75 Å². The number of rotatable bonds is 6. The van der Waals surface area contributed by atoms with Crippen LogP contribution in [-0.2, 0) is 13.0 Å². The Balaban J connectivity index is 1.87. The Labute approximate surface area is 122 Å². The van der Waals surface area contributed by atoms with E-state index in [1.807, 2.05) is 0 Å². The number of fused-ring (bicyclic) bond motifs is 1. The van der Waals surface area contributed by atoms with Gasteiger partial charge in [-0.25, -0.2) is 0 Å². The molecule has 20 heavy (non-hydrogen) atoms. The normalized spacial score (nSPS) is 16.1. The third-order valence-corrected chi connectivity index (χ3v) is 4.10. The minimum Gasteiger partial charge on any atom is -0.493 e. The molecule has 3 nitrogen and oxygen atoms in total. The number of hydrogen-bond acceptors (Lipinski definition) is 3. The fraction of sp³-hybridized carbons (Fsp3) is 0.647. The van der Waals surface area contributed by atoms with Gasteiger partial charge in [-0.1, -0.05) is 39.8 Å². The number of aliphatic hydroxyl groups excluding tert-OH is 1. The van der Waals surface area contributed by atoms with Crippen LogP contribution >= 0.6 is 0 Å². The Hall–Kier alpha value is -1.06. The maximum absolute atomic E-state index is 10.2. The summed E-state index contributed by atoms with van der Waals surface area (Å²) in [6.07, 6.45) is 0.726. The van der Waals surface area contributed by atoms with Gasteiger partial charge >= 0.3 is 0 Å². The van der Waals surface area contributed by atoms with E-state index in [0.717, 1.165) is 31.9 Å². The zero-order valence-corrected chi connectivity index (χ0v) is 13.1. The topological polar surface area (TPSA) is 41.5 Å². The molecule has 1 heterocycles. The molecule has 0 aromatic heterocycles. The molecular weight excluding hydrogens is 250 g/mol. The maximum atomic E-state index is 10.2. The SMILES string of the molecule is CC(C)C(O)C(C)(C)CNCc1ccc2c(c1)CCO2. The Morgan fingerprint density at radius 1 is 1.35 bits per heavy atom. The van der Waals surface area contributed by atoms with Crippen LogP contribution in [0.1, 0.15) is 38.8 Å². The van der Waals surface area contributed by atoms with Crippen LogP contribution in [0.4, 0.5) is 0 Å². The molecule has 0 spiro atoms. The number of benzene rings is 1. The Kier molecular flexibility index (Phi) is 4.71. The van der Waals surface area contributed by atoms with E-state index in [0.29, 0.717) is 0 Å². The van der Waals surface area contributed by atoms with Gasteiger partial charge in [-0.2, -0.15) is 0 Å². The van der Waals surface area contributed by atoms with Crippen molar-refractivity contribution in [1.29, 1.82) is 0 Å². The van der Waals surface area contributed by atoms with Gasteiger partial charge in [0.25, 0.3) is 0 Å². The second-order valence-electron chi connectivity index (χ2n) is 6.82. The highest BCUT2D eigenvalue weighted by molar-refractivity contribution is 5.39. The lowest BCUT2D eigenvalue weighted by Crippen LogP contribution is -2.41. The highest BCUT2D eigenvalue weighted by atomic mass is 16.5. The standard InChI is InChI=1S/C17H27NO2/c1-12(2)16(19)17(3,4)11-18-10-13-5-6-15-14(9-13)7-8-20-15/h5-6,9,12,16,18-19H,7-8,10-11H2,1-4H3. The highest BCUT2D eigenvalue weighted by Crippen LogP contribution is 2.27. The summed E-state index contributed by atoms with van der Waals surface area (Å²) in [7, 11) is 0. The van der Waals surface area contributed by atoms with Gasteiger partial charge in [0.15, 0.2) is 0 Å². The van der Waals surface area contributed by atoms with E-state index in [-0.39, 0.29) is 17.4 Å². The molecule has 2 N–H and O–H groups in total. The molecule has 0 bridgehead atoms. The van der Waals surface area contributed by atoms with Gasteiger partial charge < -0.3 is 15.2 Å². The average molecular weight is 277 g/mol. The van der Waals surface area contributed by atoms with Crippen molar-refractivity contribution in [3.05, 3.63) is 29.3 Å². The molecule has 0 fully saturated rings. The molecule has 0 amide bonds. The van der Waals surface area contributed by atoms with Crippen LogP contribution in [0.3, 0.4) is 0 Å². The second-order valence-corrected chi connectivity index (χ2v) is 6.82. The summed E-state index contributed by atoms with van der Waals surface area (Å²) in [5, 5.41) is 13.7. The second kappa shape index (κ2) is 6.15. The van der Waals surface area contributed by atoms with E-state index < -0.39 is 0 Å². The third-order valence-electron chi connectivity index (χ3n) is 4.10. The van der Waals surface area contributed by atoms with Crippen molar-refractivity contribution >= 4 is 0 Å². The van der Waals surface area contributed by atoms with Crippen molar-refractivity contribution < 1.29 is 9.84 Å². The molecule has 0 saturated heterocycles. The van der Waals surface area contributed by atoms with Crippen LogP contribution in [0.5, 0.6) is 5.75 Å². The first kappa shape index (κ1) is 15.3. The zero-order chi connectivity index (χ0) is 14.8. The summed E-state index contributed by atoms with van der Waals surface area (Å²) in [4.78, 5) is 0. The molecule has 1 atom stereocenters. The van der Waals surface area contributed by atoms with Crippen LogP contribution in [0.15, 0.2) is 18.2 Å². The molecule has 0 radical (unpaired) electrons. The first-order valence-corrected chi connectivity index (χ1v) is 7.53. The van der Waals surface area contributed by atoms with E-state index in [1.54, 1.807) is 0 Å². The van der Waals surface area contributed by atoms with E-state index in [9.17, 15) is 5.11 Å². The van der Waals surface area contributed by atoms with Crippen molar-refractivity contribution in [2.45, 2.75) is 46.8 Å². The van der Waals surface area contributed by atoms with Crippen LogP contribution in [0.2, 0.25) is 0 Å². The summed E-state index contributed by atoms with van der Waals surface area (Å²) in [6.45, 7) is 10.8. The van der Waals surface area contributed by atoms with Crippen molar-refractivity contribution in [2.75, 3.05) is 13.2 Å². The molecule has 3 heteroatoms. The molecule has 112 valence electrons. The lowest BCUT2D eigenvalue weighted by Gasteiger charge is -2.33. The van der Waals surface area contributed by atoms with Crippen molar-refractivity contribution in [3.63, 3.8) is 0 Å². The molecule has 0 aliphatic carbocycles. The maximum Gasteiger partial charge on any atom is 0.122 e. The predicted octanol–water partition coefficient (Wildman–Crippen LogP) is 2.75. The van der Waals surface area contributed by atoms with Gasteiger partial charge in [0.1, 0.15) is 5.75 Å². The Bertz CT molecular complexity index is 454. The molecular formula is C17H27NO2. The zero-order valence-electron chi connectivity index (χ0n) is 13.1. The average Bonchev–Trinajstić information content (AvgIpc) is 2.84. The number of hydrogen-bond donors (Lipinski definition) is 2. The van der Waals surface area contributed by atoms with Crippen molar-refractivity contribution in [1.82, 2.24) is 5.32 Å². The molecule has 1 unspecified atom stereocenters. The predicted molar refractivity (Wildman–Crippen MR) is 82.0 cm³/mol. The van der Waals surface area contributed by atoms with E-state index in [1.165, 1.54) is 11.1 Å². The van der Waals surface area contributed by atoms with E-state index in [4.69, 9.17) is 4.74 Å². The molecule has 1 aromatic carbocycles. The lowest BCUT2D eigenvalue weighted by molar-refractivity contribution is 0.0134. The summed E-state index contributed by atoms with van der Waals surface area (Å²) in [6, 6.07) is 6.40. The third kappa shape index (κ3) is 3.53. The monoisotopic (exact) mass is 277 g/mol. The smallest absolute Gasteiger partial charge is 0.122 e. The number of aliphatic hydroxyl groups is 1. The van der Waals surface area contributed by atoms with Crippen LogP contribution in [0.25, 0.3) is 0 Å².